The molecular formula is C16H25ClFN3. The number of hydrogen-bond acceptors (Lipinski definition) is 3. The fourth-order valence-electron chi connectivity index (χ4n) is 2.59. The Labute approximate surface area is 132 Å². The monoisotopic (exact) mass is 313 g/mol. The summed E-state index contributed by atoms with van der Waals surface area (Å²) >= 11 is 5.82. The van der Waals surface area contributed by atoms with Gasteiger partial charge in [0, 0.05) is 32.2 Å². The van der Waals surface area contributed by atoms with Gasteiger partial charge >= 0.3 is 0 Å². The summed E-state index contributed by atoms with van der Waals surface area (Å²) in [6, 6.07) is 5.12. The second-order valence-corrected chi connectivity index (χ2v) is 6.26. The minimum Gasteiger partial charge on any atom is -0.310 e. The summed E-state index contributed by atoms with van der Waals surface area (Å²) < 4.78 is 13.1. The van der Waals surface area contributed by atoms with Crippen LogP contribution in [0.2, 0.25) is 5.02 Å². The summed E-state index contributed by atoms with van der Waals surface area (Å²) in [7, 11) is 2.18. The molecule has 118 valence electrons. The van der Waals surface area contributed by atoms with Crippen LogP contribution in [-0.4, -0.2) is 56.1 Å². The number of halogens is 2. The first-order valence-electron chi connectivity index (χ1n) is 7.65. The number of nitrogens with zero attached hydrogens (tertiary/aromatic N) is 2. The molecule has 0 aliphatic carbocycles. The van der Waals surface area contributed by atoms with Crippen molar-refractivity contribution in [3.63, 3.8) is 0 Å². The van der Waals surface area contributed by atoms with E-state index in [9.17, 15) is 4.39 Å². The molecule has 1 aliphatic rings. The first-order valence-corrected chi connectivity index (χ1v) is 8.03. The van der Waals surface area contributed by atoms with Crippen molar-refractivity contribution >= 4 is 11.6 Å². The molecule has 1 aromatic rings. The van der Waals surface area contributed by atoms with Crippen molar-refractivity contribution in [2.45, 2.75) is 19.4 Å². The van der Waals surface area contributed by atoms with Crippen LogP contribution in [0.1, 0.15) is 24.9 Å². The Balaban J connectivity index is 1.67. The SMILES string of the molecule is CC(NCCCN1CCN(C)CC1)c1ccc(F)c(Cl)c1. The molecule has 5 heteroatoms. The van der Waals surface area contributed by atoms with Gasteiger partial charge in [-0.05, 0) is 51.2 Å². The Hall–Kier alpha value is -0.680. The molecule has 0 amide bonds. The fourth-order valence-corrected chi connectivity index (χ4v) is 2.78. The third-order valence-corrected chi connectivity index (χ3v) is 4.43. The molecule has 1 saturated heterocycles. The molecule has 0 radical (unpaired) electrons. The van der Waals surface area contributed by atoms with E-state index in [1.54, 1.807) is 12.1 Å². The zero-order valence-corrected chi connectivity index (χ0v) is 13.7. The zero-order valence-electron chi connectivity index (χ0n) is 12.9. The highest BCUT2D eigenvalue weighted by Gasteiger charge is 2.13. The maximum Gasteiger partial charge on any atom is 0.141 e. The Morgan fingerprint density at radius 2 is 2.00 bits per heavy atom. The minimum atomic E-state index is -0.359. The van der Waals surface area contributed by atoms with Crippen LogP contribution in [-0.2, 0) is 0 Å². The van der Waals surface area contributed by atoms with Gasteiger partial charge in [-0.1, -0.05) is 17.7 Å². The minimum absolute atomic E-state index is 0.190. The van der Waals surface area contributed by atoms with E-state index in [0.717, 1.165) is 38.2 Å². The van der Waals surface area contributed by atoms with Crippen molar-refractivity contribution in [1.29, 1.82) is 0 Å². The van der Waals surface area contributed by atoms with Crippen molar-refractivity contribution < 1.29 is 4.39 Å². The maximum atomic E-state index is 13.1. The van der Waals surface area contributed by atoms with E-state index in [1.807, 2.05) is 0 Å². The van der Waals surface area contributed by atoms with Gasteiger partial charge in [0.15, 0.2) is 0 Å². The van der Waals surface area contributed by atoms with Crippen molar-refractivity contribution in [1.82, 2.24) is 15.1 Å². The van der Waals surface area contributed by atoms with Gasteiger partial charge in [0.25, 0.3) is 0 Å². The highest BCUT2D eigenvalue weighted by Crippen LogP contribution is 2.20. The van der Waals surface area contributed by atoms with E-state index < -0.39 is 0 Å². The van der Waals surface area contributed by atoms with Gasteiger partial charge in [-0.25, -0.2) is 4.39 Å². The van der Waals surface area contributed by atoms with Gasteiger partial charge in [0.2, 0.25) is 0 Å². The fraction of sp³-hybridized carbons (Fsp3) is 0.625. The topological polar surface area (TPSA) is 18.5 Å². The number of benzene rings is 1. The molecule has 1 aliphatic heterocycles. The third kappa shape index (κ3) is 5.22. The van der Waals surface area contributed by atoms with Crippen LogP contribution >= 0.6 is 11.6 Å². The zero-order chi connectivity index (χ0) is 15.2. The molecule has 3 nitrogen and oxygen atoms in total. The third-order valence-electron chi connectivity index (χ3n) is 4.14. The van der Waals surface area contributed by atoms with E-state index in [1.165, 1.54) is 19.2 Å². The lowest BCUT2D eigenvalue weighted by Gasteiger charge is -2.32. The average Bonchev–Trinajstić information content (AvgIpc) is 2.48. The predicted octanol–water partition coefficient (Wildman–Crippen LogP) is 2.77. The van der Waals surface area contributed by atoms with Gasteiger partial charge in [0.1, 0.15) is 5.82 Å². The normalized spacial score (nSPS) is 18.9. The van der Waals surface area contributed by atoms with Gasteiger partial charge in [-0.3, -0.25) is 0 Å². The lowest BCUT2D eigenvalue weighted by molar-refractivity contribution is 0.152. The second-order valence-electron chi connectivity index (χ2n) is 5.85. The maximum absolute atomic E-state index is 13.1. The smallest absolute Gasteiger partial charge is 0.141 e. The van der Waals surface area contributed by atoms with Crippen LogP contribution in [0.15, 0.2) is 18.2 Å². The number of piperazine rings is 1. The molecule has 0 aromatic heterocycles. The number of likely N-dealkylation sites (N-methyl/N-ethyl adjacent to an activating group) is 1. The van der Waals surface area contributed by atoms with Crippen LogP contribution in [0.5, 0.6) is 0 Å². The number of hydrogen-bond donors (Lipinski definition) is 1. The molecule has 1 atom stereocenters. The van der Waals surface area contributed by atoms with Crippen LogP contribution < -0.4 is 5.32 Å². The van der Waals surface area contributed by atoms with Gasteiger partial charge in [0.05, 0.1) is 5.02 Å². The molecule has 1 aromatic carbocycles. The Morgan fingerprint density at radius 1 is 1.29 bits per heavy atom. The van der Waals surface area contributed by atoms with Crippen molar-refractivity contribution in [2.24, 2.45) is 0 Å². The highest BCUT2D eigenvalue weighted by molar-refractivity contribution is 6.30. The highest BCUT2D eigenvalue weighted by atomic mass is 35.5. The van der Waals surface area contributed by atoms with Gasteiger partial charge in [-0.2, -0.15) is 0 Å². The Bertz CT molecular complexity index is 447. The van der Waals surface area contributed by atoms with Crippen LogP contribution in [0.25, 0.3) is 0 Å². The van der Waals surface area contributed by atoms with Crippen LogP contribution in [0.3, 0.4) is 0 Å². The van der Waals surface area contributed by atoms with Crippen molar-refractivity contribution in [3.05, 3.63) is 34.6 Å². The first kappa shape index (κ1) is 16.7. The summed E-state index contributed by atoms with van der Waals surface area (Å²) in [6.45, 7) is 8.84. The molecule has 0 spiro atoms. The van der Waals surface area contributed by atoms with E-state index in [0.29, 0.717) is 0 Å². The van der Waals surface area contributed by atoms with Crippen molar-refractivity contribution in [3.8, 4) is 0 Å². The molecular weight excluding hydrogens is 289 g/mol. The largest absolute Gasteiger partial charge is 0.310 e. The van der Waals surface area contributed by atoms with E-state index in [4.69, 9.17) is 11.6 Å². The quantitative estimate of drug-likeness (QED) is 0.815. The molecule has 1 heterocycles. The second kappa shape index (κ2) is 8.08. The summed E-state index contributed by atoms with van der Waals surface area (Å²) in [5, 5.41) is 3.67. The first-order chi connectivity index (χ1) is 10.1. The predicted molar refractivity (Wildman–Crippen MR) is 86.4 cm³/mol. The molecule has 21 heavy (non-hydrogen) atoms. The molecule has 1 unspecified atom stereocenters. The van der Waals surface area contributed by atoms with Crippen molar-refractivity contribution in [2.75, 3.05) is 46.3 Å². The molecule has 2 rings (SSSR count). The van der Waals surface area contributed by atoms with Gasteiger partial charge in [-0.15, -0.1) is 0 Å². The summed E-state index contributed by atoms with van der Waals surface area (Å²) in [6.07, 6.45) is 1.13. The molecule has 0 saturated carbocycles. The average molecular weight is 314 g/mol. The molecule has 0 bridgehead atoms. The summed E-state index contributed by atoms with van der Waals surface area (Å²) in [5.74, 6) is -0.359. The molecule has 1 N–H and O–H groups in total. The molecule has 1 fully saturated rings. The van der Waals surface area contributed by atoms with Crippen LogP contribution in [0, 0.1) is 5.82 Å². The standard InChI is InChI=1S/C16H25ClFN3/c1-13(14-4-5-16(18)15(17)12-14)19-6-3-7-21-10-8-20(2)9-11-21/h4-5,12-13,19H,3,6-11H2,1-2H3. The Morgan fingerprint density at radius 3 is 2.67 bits per heavy atom. The van der Waals surface area contributed by atoms with Gasteiger partial charge < -0.3 is 15.1 Å². The van der Waals surface area contributed by atoms with E-state index in [2.05, 4.69) is 29.1 Å². The Kier molecular flexibility index (Phi) is 6.42. The van der Waals surface area contributed by atoms with E-state index in [-0.39, 0.29) is 16.9 Å². The lowest BCUT2D eigenvalue weighted by Crippen LogP contribution is -2.45. The summed E-state index contributed by atoms with van der Waals surface area (Å²) in [4.78, 5) is 4.89. The number of rotatable bonds is 6. The van der Waals surface area contributed by atoms with Crippen LogP contribution in [0.4, 0.5) is 4.39 Å². The lowest BCUT2D eigenvalue weighted by atomic mass is 10.1. The summed E-state index contributed by atoms with van der Waals surface area (Å²) in [5.41, 5.74) is 1.03. The number of nitrogens with one attached hydrogen (secondary N) is 1. The van der Waals surface area contributed by atoms with E-state index >= 15 is 0 Å².